The third-order valence-corrected chi connectivity index (χ3v) is 4.61. The maximum atomic E-state index is 12.8. The molecule has 26 heavy (non-hydrogen) atoms. The molecule has 1 N–H and O–H groups in total. The van der Waals surface area contributed by atoms with Crippen LogP contribution in [0.1, 0.15) is 19.4 Å². The lowest BCUT2D eigenvalue weighted by Crippen LogP contribution is -2.21. The van der Waals surface area contributed by atoms with Gasteiger partial charge in [-0.15, -0.1) is 0 Å². The average Bonchev–Trinajstić information content (AvgIpc) is 2.88. The Hall–Kier alpha value is -2.31. The number of halogens is 2. The summed E-state index contributed by atoms with van der Waals surface area (Å²) in [7, 11) is 0. The van der Waals surface area contributed by atoms with E-state index in [9.17, 15) is 9.90 Å². The van der Waals surface area contributed by atoms with Crippen LogP contribution < -0.4 is 9.75 Å². The highest BCUT2D eigenvalue weighted by molar-refractivity contribution is 9.10. The molecule has 134 valence electrons. The number of hydrazone groups is 1. The van der Waals surface area contributed by atoms with Crippen LogP contribution in [0.2, 0.25) is 5.02 Å². The summed E-state index contributed by atoms with van der Waals surface area (Å²) in [6.45, 7) is 3.97. The summed E-state index contributed by atoms with van der Waals surface area (Å²) in [5.74, 6) is -0.0704. The van der Waals surface area contributed by atoms with Crippen LogP contribution in [0.3, 0.4) is 0 Å². The number of hydrogen-bond donors (Lipinski definition) is 1. The highest BCUT2D eigenvalue weighted by Gasteiger charge is 2.28. The van der Waals surface area contributed by atoms with Gasteiger partial charge in [-0.2, -0.15) is 10.1 Å². The second kappa shape index (κ2) is 7.51. The molecule has 0 unspecified atom stereocenters. The van der Waals surface area contributed by atoms with E-state index >= 15 is 0 Å². The summed E-state index contributed by atoms with van der Waals surface area (Å²) < 4.78 is 6.31. The fourth-order valence-corrected chi connectivity index (χ4v) is 3.03. The SMILES string of the molecule is CCOc1cc(C=C2C(=O)N(c3ccc(Br)cc3)N=C2C)cc(Cl)c1O. The molecule has 0 aromatic heterocycles. The first-order valence-corrected chi connectivity index (χ1v) is 9.10. The molecular formula is C19H16BrClN2O3. The molecule has 1 heterocycles. The number of phenolic OH excluding ortho intramolecular Hbond substituents is 1. The molecule has 1 aliphatic rings. The fourth-order valence-electron chi connectivity index (χ4n) is 2.55. The maximum Gasteiger partial charge on any atom is 0.280 e. The van der Waals surface area contributed by atoms with Gasteiger partial charge < -0.3 is 9.84 Å². The molecule has 0 fully saturated rings. The van der Waals surface area contributed by atoms with Gasteiger partial charge in [-0.25, -0.2) is 0 Å². The molecule has 0 saturated carbocycles. The minimum absolute atomic E-state index is 0.115. The van der Waals surface area contributed by atoms with Crippen molar-refractivity contribution in [1.82, 2.24) is 0 Å². The lowest BCUT2D eigenvalue weighted by atomic mass is 10.1. The first-order valence-electron chi connectivity index (χ1n) is 7.93. The Kier molecular flexibility index (Phi) is 5.34. The van der Waals surface area contributed by atoms with E-state index in [4.69, 9.17) is 16.3 Å². The zero-order valence-corrected chi connectivity index (χ0v) is 16.5. The Balaban J connectivity index is 1.96. The Morgan fingerprint density at radius 3 is 2.65 bits per heavy atom. The van der Waals surface area contributed by atoms with E-state index in [0.717, 1.165) is 4.47 Å². The van der Waals surface area contributed by atoms with E-state index in [2.05, 4.69) is 21.0 Å². The molecule has 0 saturated heterocycles. The zero-order chi connectivity index (χ0) is 18.8. The largest absolute Gasteiger partial charge is 0.503 e. The molecule has 1 amide bonds. The summed E-state index contributed by atoms with van der Waals surface area (Å²) in [6, 6.07) is 10.5. The molecule has 7 heteroatoms. The number of anilines is 1. The highest BCUT2D eigenvalue weighted by Crippen LogP contribution is 2.36. The van der Waals surface area contributed by atoms with E-state index in [0.29, 0.717) is 29.1 Å². The van der Waals surface area contributed by atoms with Crippen molar-refractivity contribution in [3.8, 4) is 11.5 Å². The van der Waals surface area contributed by atoms with Gasteiger partial charge in [-0.3, -0.25) is 4.79 Å². The van der Waals surface area contributed by atoms with Gasteiger partial charge in [-0.1, -0.05) is 27.5 Å². The molecule has 3 rings (SSSR count). The number of nitrogens with zero attached hydrogens (tertiary/aromatic N) is 2. The molecule has 1 aliphatic heterocycles. The van der Waals surface area contributed by atoms with Crippen molar-refractivity contribution in [3.05, 3.63) is 57.0 Å². The molecular weight excluding hydrogens is 420 g/mol. The molecule has 2 aromatic carbocycles. The minimum Gasteiger partial charge on any atom is -0.503 e. The molecule has 2 aromatic rings. The van der Waals surface area contributed by atoms with Crippen LogP contribution in [-0.4, -0.2) is 23.3 Å². The summed E-state index contributed by atoms with van der Waals surface area (Å²) in [6.07, 6.45) is 1.69. The third-order valence-electron chi connectivity index (χ3n) is 3.80. The molecule has 0 aliphatic carbocycles. The van der Waals surface area contributed by atoms with Gasteiger partial charge in [0.25, 0.3) is 5.91 Å². The Morgan fingerprint density at radius 1 is 1.31 bits per heavy atom. The average molecular weight is 436 g/mol. The van der Waals surface area contributed by atoms with Crippen LogP contribution in [0.5, 0.6) is 11.5 Å². The van der Waals surface area contributed by atoms with E-state index in [-0.39, 0.29) is 22.4 Å². The zero-order valence-electron chi connectivity index (χ0n) is 14.2. The number of benzene rings is 2. The van der Waals surface area contributed by atoms with Gasteiger partial charge in [0, 0.05) is 4.47 Å². The van der Waals surface area contributed by atoms with E-state index < -0.39 is 0 Å². The van der Waals surface area contributed by atoms with Crippen LogP contribution in [0.25, 0.3) is 6.08 Å². The predicted octanol–water partition coefficient (Wildman–Crippen LogP) is 5.01. The van der Waals surface area contributed by atoms with Crippen molar-refractivity contribution in [2.45, 2.75) is 13.8 Å². The third kappa shape index (κ3) is 3.61. The number of amides is 1. The lowest BCUT2D eigenvalue weighted by Gasteiger charge is -2.12. The summed E-state index contributed by atoms with van der Waals surface area (Å²) >= 11 is 9.44. The van der Waals surface area contributed by atoms with Crippen molar-refractivity contribution in [1.29, 1.82) is 0 Å². The van der Waals surface area contributed by atoms with E-state index in [1.807, 2.05) is 31.2 Å². The topological polar surface area (TPSA) is 62.1 Å². The lowest BCUT2D eigenvalue weighted by molar-refractivity contribution is -0.114. The maximum absolute atomic E-state index is 12.8. The highest BCUT2D eigenvalue weighted by atomic mass is 79.9. The standard InChI is InChI=1S/C19H16BrClN2O3/c1-3-26-17-10-12(9-16(21)18(17)24)8-15-11(2)22-23(19(15)25)14-6-4-13(20)5-7-14/h4-10,24H,3H2,1-2H3. The van der Waals surface area contributed by atoms with Crippen LogP contribution in [0.15, 0.2) is 51.5 Å². The van der Waals surface area contributed by atoms with Gasteiger partial charge in [0.15, 0.2) is 11.5 Å². The number of ether oxygens (including phenoxy) is 1. The Morgan fingerprint density at radius 2 is 2.00 bits per heavy atom. The van der Waals surface area contributed by atoms with Crippen molar-refractivity contribution < 1.29 is 14.6 Å². The van der Waals surface area contributed by atoms with Gasteiger partial charge in [0.2, 0.25) is 0 Å². The second-order valence-electron chi connectivity index (χ2n) is 5.62. The van der Waals surface area contributed by atoms with Gasteiger partial charge in [-0.05, 0) is 61.9 Å². The molecule has 0 bridgehead atoms. The van der Waals surface area contributed by atoms with Crippen molar-refractivity contribution in [3.63, 3.8) is 0 Å². The fraction of sp³-hybridized carbons (Fsp3) is 0.158. The Labute approximate surface area is 164 Å². The van der Waals surface area contributed by atoms with E-state index in [1.165, 1.54) is 5.01 Å². The van der Waals surface area contributed by atoms with Crippen LogP contribution in [0, 0.1) is 0 Å². The van der Waals surface area contributed by atoms with Crippen molar-refractivity contribution in [2.24, 2.45) is 5.10 Å². The van der Waals surface area contributed by atoms with E-state index in [1.54, 1.807) is 25.1 Å². The van der Waals surface area contributed by atoms with Gasteiger partial charge in [0.1, 0.15) is 0 Å². The van der Waals surface area contributed by atoms with Gasteiger partial charge in [0.05, 0.1) is 28.6 Å². The normalized spacial score (nSPS) is 15.5. The number of phenols is 1. The van der Waals surface area contributed by atoms with Crippen LogP contribution >= 0.6 is 27.5 Å². The summed E-state index contributed by atoms with van der Waals surface area (Å²) in [5.41, 5.74) is 2.38. The number of aromatic hydroxyl groups is 1. The van der Waals surface area contributed by atoms with Crippen molar-refractivity contribution >= 4 is 50.9 Å². The van der Waals surface area contributed by atoms with Crippen molar-refractivity contribution in [2.75, 3.05) is 11.6 Å². The summed E-state index contributed by atoms with van der Waals surface area (Å²) in [4.78, 5) is 12.8. The number of carbonyl (C=O) groups excluding carboxylic acids is 1. The number of hydrogen-bond acceptors (Lipinski definition) is 4. The summed E-state index contributed by atoms with van der Waals surface area (Å²) in [5, 5.41) is 15.8. The minimum atomic E-state index is -0.230. The molecule has 5 nitrogen and oxygen atoms in total. The molecule has 0 radical (unpaired) electrons. The van der Waals surface area contributed by atoms with Gasteiger partial charge >= 0.3 is 0 Å². The second-order valence-corrected chi connectivity index (χ2v) is 6.94. The number of rotatable bonds is 4. The first kappa shape index (κ1) is 18.5. The van der Waals surface area contributed by atoms with Crippen LogP contribution in [-0.2, 0) is 4.79 Å². The number of carbonyl (C=O) groups is 1. The smallest absolute Gasteiger partial charge is 0.280 e. The Bertz CT molecular complexity index is 923. The molecule has 0 atom stereocenters. The predicted molar refractivity (Wildman–Crippen MR) is 107 cm³/mol. The quantitative estimate of drug-likeness (QED) is 0.687. The molecule has 0 spiro atoms. The monoisotopic (exact) mass is 434 g/mol. The first-order chi connectivity index (χ1) is 12.4. The van der Waals surface area contributed by atoms with Crippen LogP contribution in [0.4, 0.5) is 5.69 Å².